The van der Waals surface area contributed by atoms with Crippen molar-refractivity contribution >= 4 is 11.6 Å². The van der Waals surface area contributed by atoms with E-state index in [1.165, 1.54) is 16.8 Å². The highest BCUT2D eigenvalue weighted by Crippen LogP contribution is 2.48. The predicted octanol–water partition coefficient (Wildman–Crippen LogP) is 1.59. The lowest BCUT2D eigenvalue weighted by Gasteiger charge is -2.20. The van der Waals surface area contributed by atoms with E-state index in [9.17, 15) is 14.0 Å². The van der Waals surface area contributed by atoms with Crippen LogP contribution in [0.3, 0.4) is 0 Å². The van der Waals surface area contributed by atoms with Gasteiger partial charge in [0.2, 0.25) is 5.91 Å². The lowest BCUT2D eigenvalue weighted by Crippen LogP contribution is -2.38. The van der Waals surface area contributed by atoms with Crippen molar-refractivity contribution in [3.05, 3.63) is 58.3 Å². The fraction of sp³-hybridized carbons (Fsp3) is 0.450. The van der Waals surface area contributed by atoms with Crippen molar-refractivity contribution in [1.82, 2.24) is 15.1 Å². The van der Waals surface area contributed by atoms with Gasteiger partial charge in [-0.2, -0.15) is 5.10 Å². The predicted molar refractivity (Wildman–Crippen MR) is 100 cm³/mol. The molecule has 1 amide bonds. The van der Waals surface area contributed by atoms with E-state index in [2.05, 4.69) is 15.3 Å². The second kappa shape index (κ2) is 6.79. The number of aromatic nitrogens is 2. The minimum atomic E-state index is -0.485. The first-order chi connectivity index (χ1) is 13.0. The highest BCUT2D eigenvalue weighted by molar-refractivity contribution is 5.91. The molecule has 2 aromatic rings. The molecule has 0 spiro atoms. The smallest absolute Gasteiger partial charge is 0.268 e. The number of aryl methyl sites for hydroxylation is 1. The topological polar surface area (TPSA) is 67.2 Å². The Morgan fingerprint density at radius 2 is 2.07 bits per heavy atom. The fourth-order valence-electron chi connectivity index (χ4n) is 3.81. The maximum absolute atomic E-state index is 13.1. The lowest BCUT2D eigenvalue weighted by atomic mass is 9.94. The van der Waals surface area contributed by atoms with E-state index >= 15 is 0 Å². The summed E-state index contributed by atoms with van der Waals surface area (Å²) in [5.74, 6) is 0.0797. The largest absolute Gasteiger partial charge is 0.370 e. The van der Waals surface area contributed by atoms with Gasteiger partial charge < -0.3 is 10.2 Å². The standard InChI is InChI=1S/C20H23FN4O2/c1-24-18(26)10-17(12-23-24)25-9-6-14(13-25)11-22-19(27)20(7-8-20)15-2-4-16(21)5-3-15/h2-5,10,12,14H,6-9,11,13H2,1H3,(H,22,27). The molecule has 0 bridgehead atoms. The zero-order chi connectivity index (χ0) is 19.0. The van der Waals surface area contributed by atoms with Gasteiger partial charge in [-0.25, -0.2) is 9.07 Å². The molecular formula is C20H23FN4O2. The molecular weight excluding hydrogens is 347 g/mol. The number of benzene rings is 1. The molecule has 2 fully saturated rings. The van der Waals surface area contributed by atoms with Crippen LogP contribution in [0.15, 0.2) is 41.3 Å². The molecule has 1 aliphatic heterocycles. The van der Waals surface area contributed by atoms with E-state index in [0.717, 1.165) is 43.6 Å². The Hall–Kier alpha value is -2.70. The van der Waals surface area contributed by atoms with Gasteiger partial charge in [0.15, 0.2) is 0 Å². The van der Waals surface area contributed by atoms with Crippen LogP contribution in [0.5, 0.6) is 0 Å². The van der Waals surface area contributed by atoms with Gasteiger partial charge in [0.1, 0.15) is 5.82 Å². The molecule has 7 heteroatoms. The molecule has 4 rings (SSSR count). The van der Waals surface area contributed by atoms with Crippen molar-refractivity contribution in [2.45, 2.75) is 24.7 Å². The maximum atomic E-state index is 13.1. The quantitative estimate of drug-likeness (QED) is 0.868. The third-order valence-corrected chi connectivity index (χ3v) is 5.74. The number of nitrogens with zero attached hydrogens (tertiary/aromatic N) is 3. The molecule has 142 valence electrons. The van der Waals surface area contributed by atoms with Gasteiger partial charge >= 0.3 is 0 Å². The van der Waals surface area contributed by atoms with E-state index in [0.29, 0.717) is 12.5 Å². The van der Waals surface area contributed by atoms with Crippen LogP contribution >= 0.6 is 0 Å². The van der Waals surface area contributed by atoms with E-state index < -0.39 is 5.41 Å². The molecule has 1 aromatic carbocycles. The first-order valence-corrected chi connectivity index (χ1v) is 9.31. The maximum Gasteiger partial charge on any atom is 0.268 e. The molecule has 1 N–H and O–H groups in total. The van der Waals surface area contributed by atoms with Crippen molar-refractivity contribution in [2.75, 3.05) is 24.5 Å². The molecule has 1 saturated carbocycles. The van der Waals surface area contributed by atoms with Crippen molar-refractivity contribution in [2.24, 2.45) is 13.0 Å². The van der Waals surface area contributed by atoms with Crippen LogP contribution in [-0.2, 0) is 17.3 Å². The lowest BCUT2D eigenvalue weighted by molar-refractivity contribution is -0.123. The van der Waals surface area contributed by atoms with Crippen molar-refractivity contribution in [1.29, 1.82) is 0 Å². The van der Waals surface area contributed by atoms with Crippen molar-refractivity contribution in [3.63, 3.8) is 0 Å². The third kappa shape index (κ3) is 3.46. The van der Waals surface area contributed by atoms with Crippen LogP contribution < -0.4 is 15.8 Å². The Balaban J connectivity index is 1.34. The normalized spacial score (nSPS) is 20.5. The van der Waals surface area contributed by atoms with Crippen LogP contribution in [0.1, 0.15) is 24.8 Å². The highest BCUT2D eigenvalue weighted by Gasteiger charge is 2.51. The van der Waals surface area contributed by atoms with Gasteiger partial charge in [0.25, 0.3) is 5.56 Å². The summed E-state index contributed by atoms with van der Waals surface area (Å²) in [7, 11) is 1.63. The van der Waals surface area contributed by atoms with Crippen LogP contribution in [0, 0.1) is 11.7 Å². The SMILES string of the molecule is Cn1ncc(N2CCC(CNC(=O)C3(c4ccc(F)cc4)CC3)C2)cc1=O. The molecule has 1 saturated heterocycles. The number of hydrogen-bond acceptors (Lipinski definition) is 4. The average molecular weight is 370 g/mol. The summed E-state index contributed by atoms with van der Waals surface area (Å²) < 4.78 is 14.4. The molecule has 1 unspecified atom stereocenters. The molecule has 27 heavy (non-hydrogen) atoms. The van der Waals surface area contributed by atoms with Gasteiger partial charge in [-0.05, 0) is 42.9 Å². The zero-order valence-corrected chi connectivity index (χ0v) is 15.3. The minimum Gasteiger partial charge on any atom is -0.370 e. The monoisotopic (exact) mass is 370 g/mol. The number of rotatable bonds is 5. The van der Waals surface area contributed by atoms with Crippen LogP contribution in [0.2, 0.25) is 0 Å². The zero-order valence-electron chi connectivity index (χ0n) is 15.3. The molecule has 1 atom stereocenters. The molecule has 2 heterocycles. The Bertz CT molecular complexity index is 905. The third-order valence-electron chi connectivity index (χ3n) is 5.74. The Labute approximate surface area is 157 Å². The number of hydrogen-bond donors (Lipinski definition) is 1. The first kappa shape index (κ1) is 17.7. The van der Waals surface area contributed by atoms with Crippen LogP contribution in [-0.4, -0.2) is 35.3 Å². The second-order valence-electron chi connectivity index (χ2n) is 7.58. The fourth-order valence-corrected chi connectivity index (χ4v) is 3.81. The van der Waals surface area contributed by atoms with E-state index in [-0.39, 0.29) is 17.3 Å². The number of carbonyl (C=O) groups excluding carboxylic acids is 1. The number of amides is 1. The number of nitrogens with one attached hydrogen (secondary N) is 1. The summed E-state index contributed by atoms with van der Waals surface area (Å²) in [5, 5.41) is 7.16. The summed E-state index contributed by atoms with van der Waals surface area (Å²) >= 11 is 0. The van der Waals surface area contributed by atoms with Crippen LogP contribution in [0.25, 0.3) is 0 Å². The first-order valence-electron chi connectivity index (χ1n) is 9.31. The van der Waals surface area contributed by atoms with Gasteiger partial charge in [-0.1, -0.05) is 12.1 Å². The summed E-state index contributed by atoms with van der Waals surface area (Å²) in [6.07, 6.45) is 4.27. The van der Waals surface area contributed by atoms with Gasteiger partial charge in [-0.3, -0.25) is 9.59 Å². The van der Waals surface area contributed by atoms with E-state index in [1.807, 2.05) is 0 Å². The van der Waals surface area contributed by atoms with Gasteiger partial charge in [-0.15, -0.1) is 0 Å². The Morgan fingerprint density at radius 3 is 2.74 bits per heavy atom. The molecule has 1 aromatic heterocycles. The molecule has 0 radical (unpaired) electrons. The molecule has 1 aliphatic carbocycles. The second-order valence-corrected chi connectivity index (χ2v) is 7.58. The number of carbonyl (C=O) groups is 1. The number of halogens is 1. The van der Waals surface area contributed by atoms with E-state index in [4.69, 9.17) is 0 Å². The molecule has 6 nitrogen and oxygen atoms in total. The molecule has 2 aliphatic rings. The average Bonchev–Trinajstić information content (AvgIpc) is 3.34. The highest BCUT2D eigenvalue weighted by atomic mass is 19.1. The van der Waals surface area contributed by atoms with Crippen molar-refractivity contribution in [3.8, 4) is 0 Å². The van der Waals surface area contributed by atoms with E-state index in [1.54, 1.807) is 31.4 Å². The summed E-state index contributed by atoms with van der Waals surface area (Å²) in [5.41, 5.74) is 1.11. The Kier molecular flexibility index (Phi) is 4.45. The van der Waals surface area contributed by atoms with Crippen molar-refractivity contribution < 1.29 is 9.18 Å². The van der Waals surface area contributed by atoms with Gasteiger partial charge in [0, 0.05) is 32.7 Å². The van der Waals surface area contributed by atoms with Gasteiger partial charge in [0.05, 0.1) is 17.3 Å². The summed E-state index contributed by atoms with van der Waals surface area (Å²) in [6, 6.07) is 7.84. The Morgan fingerprint density at radius 1 is 1.33 bits per heavy atom. The number of anilines is 1. The summed E-state index contributed by atoms with van der Waals surface area (Å²) in [6.45, 7) is 2.24. The minimum absolute atomic E-state index is 0.0304. The van der Waals surface area contributed by atoms with Crippen LogP contribution in [0.4, 0.5) is 10.1 Å². The summed E-state index contributed by atoms with van der Waals surface area (Å²) in [4.78, 5) is 26.6.